The maximum atomic E-state index is 12.9. The summed E-state index contributed by atoms with van der Waals surface area (Å²) in [5.74, 6) is 0.624. The molecular weight excluding hydrogens is 215 g/mol. The average Bonchev–Trinajstić information content (AvgIpc) is 2.89. The monoisotopic (exact) mass is 228 g/mol. The lowest BCUT2D eigenvalue weighted by atomic mass is 10.0. The molecule has 0 spiro atoms. The zero-order chi connectivity index (χ0) is 11.0. The minimum Gasteiger partial charge on any atom is -0.392 e. The Bertz CT molecular complexity index is 367. The summed E-state index contributed by atoms with van der Waals surface area (Å²) in [6.45, 7) is 2.13. The van der Waals surface area contributed by atoms with Gasteiger partial charge in [0.15, 0.2) is 0 Å². The lowest BCUT2D eigenvalue weighted by Gasteiger charge is -2.10. The highest BCUT2D eigenvalue weighted by Gasteiger charge is 2.38. The van der Waals surface area contributed by atoms with E-state index in [1.807, 2.05) is 0 Å². The average molecular weight is 229 g/mol. The molecule has 3 atom stereocenters. The first-order chi connectivity index (χ1) is 7.08. The van der Waals surface area contributed by atoms with Crippen molar-refractivity contribution in [3.63, 3.8) is 0 Å². The van der Waals surface area contributed by atoms with Crippen LogP contribution in [0.3, 0.4) is 0 Å². The van der Waals surface area contributed by atoms with Gasteiger partial charge in [0.25, 0.3) is 0 Å². The first-order valence-electron chi connectivity index (χ1n) is 5.20. The number of rotatable bonds is 3. The molecule has 2 rings (SSSR count). The summed E-state index contributed by atoms with van der Waals surface area (Å²) in [4.78, 5) is 0. The van der Waals surface area contributed by atoms with Crippen LogP contribution in [0.2, 0.25) is 5.02 Å². The predicted octanol–water partition coefficient (Wildman–Crippen LogP) is 3.04. The highest BCUT2D eigenvalue weighted by atomic mass is 35.5. The lowest BCUT2D eigenvalue weighted by Crippen LogP contribution is -2.13. The Balaban J connectivity index is 2.01. The van der Waals surface area contributed by atoms with Gasteiger partial charge in [-0.05, 0) is 42.4 Å². The van der Waals surface area contributed by atoms with Crippen LogP contribution < -0.4 is 0 Å². The Morgan fingerprint density at radius 2 is 2.27 bits per heavy atom. The Morgan fingerprint density at radius 3 is 2.80 bits per heavy atom. The molecule has 1 nitrogen and oxygen atoms in total. The van der Waals surface area contributed by atoms with Gasteiger partial charge in [-0.25, -0.2) is 4.39 Å². The van der Waals surface area contributed by atoms with E-state index in [4.69, 9.17) is 11.6 Å². The molecule has 1 N–H and O–H groups in total. The van der Waals surface area contributed by atoms with Crippen LogP contribution in [0.5, 0.6) is 0 Å². The lowest BCUT2D eigenvalue weighted by molar-refractivity contribution is 0.146. The van der Waals surface area contributed by atoms with Gasteiger partial charge in [-0.1, -0.05) is 24.6 Å². The van der Waals surface area contributed by atoms with Crippen molar-refractivity contribution >= 4 is 11.6 Å². The first kappa shape index (κ1) is 10.9. The largest absolute Gasteiger partial charge is 0.392 e. The number of hydrogen-bond donors (Lipinski definition) is 1. The Hall–Kier alpha value is -0.600. The molecule has 1 aliphatic carbocycles. The molecule has 1 fully saturated rings. The maximum Gasteiger partial charge on any atom is 0.141 e. The van der Waals surface area contributed by atoms with E-state index in [2.05, 4.69) is 6.92 Å². The van der Waals surface area contributed by atoms with E-state index in [-0.39, 0.29) is 11.1 Å². The topological polar surface area (TPSA) is 20.2 Å². The van der Waals surface area contributed by atoms with Gasteiger partial charge in [-0.15, -0.1) is 0 Å². The molecule has 1 aliphatic rings. The SMILES string of the molecule is CC1CC1C(O)Cc1ccc(F)c(Cl)c1. The fraction of sp³-hybridized carbons (Fsp3) is 0.500. The molecule has 3 heteroatoms. The second kappa shape index (κ2) is 4.11. The van der Waals surface area contributed by atoms with E-state index in [9.17, 15) is 9.50 Å². The van der Waals surface area contributed by atoms with Crippen molar-refractivity contribution in [2.24, 2.45) is 11.8 Å². The van der Waals surface area contributed by atoms with Crippen LogP contribution in [-0.4, -0.2) is 11.2 Å². The van der Waals surface area contributed by atoms with Crippen LogP contribution >= 0.6 is 11.6 Å². The highest BCUT2D eigenvalue weighted by molar-refractivity contribution is 6.30. The number of halogens is 2. The third-order valence-corrected chi connectivity index (χ3v) is 3.38. The van der Waals surface area contributed by atoms with Crippen molar-refractivity contribution < 1.29 is 9.50 Å². The van der Waals surface area contributed by atoms with Gasteiger partial charge >= 0.3 is 0 Å². The summed E-state index contributed by atoms with van der Waals surface area (Å²) in [7, 11) is 0. The van der Waals surface area contributed by atoms with Crippen LogP contribution in [0, 0.1) is 17.7 Å². The molecule has 0 aliphatic heterocycles. The summed E-state index contributed by atoms with van der Waals surface area (Å²) in [5, 5.41) is 9.96. The van der Waals surface area contributed by atoms with Crippen molar-refractivity contribution in [1.82, 2.24) is 0 Å². The van der Waals surface area contributed by atoms with Crippen molar-refractivity contribution in [1.29, 1.82) is 0 Å². The van der Waals surface area contributed by atoms with E-state index in [0.717, 1.165) is 12.0 Å². The van der Waals surface area contributed by atoms with E-state index >= 15 is 0 Å². The van der Waals surface area contributed by atoms with E-state index in [0.29, 0.717) is 18.3 Å². The molecule has 1 saturated carbocycles. The molecule has 0 radical (unpaired) electrons. The summed E-state index contributed by atoms with van der Waals surface area (Å²) in [5.41, 5.74) is 0.896. The van der Waals surface area contributed by atoms with E-state index in [1.54, 1.807) is 12.1 Å². The molecule has 82 valence electrons. The molecule has 1 aromatic rings. The Kier molecular flexibility index (Phi) is 2.98. The van der Waals surface area contributed by atoms with Crippen LogP contribution in [0.4, 0.5) is 4.39 Å². The van der Waals surface area contributed by atoms with Gasteiger partial charge in [0.2, 0.25) is 0 Å². The van der Waals surface area contributed by atoms with Crippen molar-refractivity contribution in [3.8, 4) is 0 Å². The fourth-order valence-corrected chi connectivity index (χ4v) is 2.15. The van der Waals surface area contributed by atoms with E-state index in [1.165, 1.54) is 6.07 Å². The van der Waals surface area contributed by atoms with Crippen LogP contribution in [0.15, 0.2) is 18.2 Å². The van der Waals surface area contributed by atoms with Gasteiger partial charge in [0.1, 0.15) is 5.82 Å². The van der Waals surface area contributed by atoms with Gasteiger partial charge in [0, 0.05) is 0 Å². The van der Waals surface area contributed by atoms with E-state index < -0.39 is 5.82 Å². The van der Waals surface area contributed by atoms with Crippen LogP contribution in [0.1, 0.15) is 18.9 Å². The second-order valence-corrected chi connectivity index (χ2v) is 4.80. The molecule has 0 heterocycles. The van der Waals surface area contributed by atoms with Crippen LogP contribution in [0.25, 0.3) is 0 Å². The summed E-state index contributed by atoms with van der Waals surface area (Å²) in [6, 6.07) is 4.62. The zero-order valence-electron chi connectivity index (χ0n) is 8.58. The highest BCUT2D eigenvalue weighted by Crippen LogP contribution is 2.41. The fourth-order valence-electron chi connectivity index (χ4n) is 1.95. The molecule has 1 aromatic carbocycles. The zero-order valence-corrected chi connectivity index (χ0v) is 9.34. The Morgan fingerprint density at radius 1 is 1.60 bits per heavy atom. The minimum absolute atomic E-state index is 0.128. The number of benzene rings is 1. The van der Waals surface area contributed by atoms with Gasteiger partial charge in [0.05, 0.1) is 11.1 Å². The number of aliphatic hydroxyl groups excluding tert-OH is 1. The van der Waals surface area contributed by atoms with Gasteiger partial charge in [-0.3, -0.25) is 0 Å². The third kappa shape index (κ3) is 2.50. The molecule has 0 aromatic heterocycles. The quantitative estimate of drug-likeness (QED) is 0.843. The summed E-state index contributed by atoms with van der Waals surface area (Å²) in [6.07, 6.45) is 1.34. The maximum absolute atomic E-state index is 12.9. The summed E-state index contributed by atoms with van der Waals surface area (Å²) < 4.78 is 12.9. The number of hydrogen-bond acceptors (Lipinski definition) is 1. The van der Waals surface area contributed by atoms with Crippen molar-refractivity contribution in [3.05, 3.63) is 34.6 Å². The van der Waals surface area contributed by atoms with Crippen molar-refractivity contribution in [2.45, 2.75) is 25.9 Å². The Labute approximate surface area is 93.9 Å². The van der Waals surface area contributed by atoms with Crippen molar-refractivity contribution in [2.75, 3.05) is 0 Å². The van der Waals surface area contributed by atoms with Crippen LogP contribution in [-0.2, 0) is 6.42 Å². The smallest absolute Gasteiger partial charge is 0.141 e. The molecule has 3 unspecified atom stereocenters. The minimum atomic E-state index is -0.408. The first-order valence-corrected chi connectivity index (χ1v) is 5.57. The molecule has 15 heavy (non-hydrogen) atoms. The normalized spacial score (nSPS) is 26.4. The number of aliphatic hydroxyl groups is 1. The molecule has 0 bridgehead atoms. The standard InChI is InChI=1S/C12H14ClFO/c1-7-4-9(7)12(15)6-8-2-3-11(14)10(13)5-8/h2-3,5,7,9,12,15H,4,6H2,1H3. The molecule has 0 amide bonds. The van der Waals surface area contributed by atoms with Gasteiger partial charge in [-0.2, -0.15) is 0 Å². The summed E-state index contributed by atoms with van der Waals surface area (Å²) >= 11 is 5.66. The molecular formula is C12H14ClFO. The molecule has 0 saturated heterocycles. The third-order valence-electron chi connectivity index (χ3n) is 3.09. The predicted molar refractivity (Wildman–Crippen MR) is 58.4 cm³/mol. The second-order valence-electron chi connectivity index (χ2n) is 4.40. The van der Waals surface area contributed by atoms with Gasteiger partial charge < -0.3 is 5.11 Å².